The standard InChI is InChI=1S/C10H12Cl2S/c1-10(2)7(5-11)8(10)6-3-4-13-9(6)12/h3-4,7-8H,5H2,1-2H3. The smallest absolute Gasteiger partial charge is 0.0963 e. The van der Waals surface area contributed by atoms with E-state index in [1.165, 1.54) is 5.56 Å². The molecule has 1 aliphatic rings. The highest BCUT2D eigenvalue weighted by Gasteiger charge is 2.58. The second kappa shape index (κ2) is 3.15. The van der Waals surface area contributed by atoms with Crippen LogP contribution in [0.3, 0.4) is 0 Å². The van der Waals surface area contributed by atoms with Crippen molar-refractivity contribution in [3.05, 3.63) is 21.3 Å². The summed E-state index contributed by atoms with van der Waals surface area (Å²) in [6.45, 7) is 4.53. The molecule has 0 spiro atoms. The molecular formula is C10H12Cl2S. The molecule has 13 heavy (non-hydrogen) atoms. The van der Waals surface area contributed by atoms with Gasteiger partial charge >= 0.3 is 0 Å². The van der Waals surface area contributed by atoms with Crippen LogP contribution >= 0.6 is 34.5 Å². The predicted octanol–water partition coefficient (Wildman–Crippen LogP) is 4.38. The lowest BCUT2D eigenvalue weighted by molar-refractivity contribution is 0.577. The molecule has 0 N–H and O–H groups in total. The van der Waals surface area contributed by atoms with Crippen molar-refractivity contribution in [3.8, 4) is 0 Å². The highest BCUT2D eigenvalue weighted by atomic mass is 35.5. The van der Waals surface area contributed by atoms with E-state index in [4.69, 9.17) is 23.2 Å². The van der Waals surface area contributed by atoms with Crippen molar-refractivity contribution < 1.29 is 0 Å². The molecule has 2 unspecified atom stereocenters. The Labute approximate surface area is 92.9 Å². The molecule has 2 atom stereocenters. The van der Waals surface area contributed by atoms with Crippen LogP contribution in [0.2, 0.25) is 4.34 Å². The Balaban J connectivity index is 2.26. The average molecular weight is 235 g/mol. The van der Waals surface area contributed by atoms with Crippen LogP contribution in [0.15, 0.2) is 11.4 Å². The first-order valence-corrected chi connectivity index (χ1v) is 6.17. The molecule has 72 valence electrons. The molecule has 0 aliphatic heterocycles. The normalized spacial score (nSPS) is 30.5. The molecule has 3 heteroatoms. The zero-order chi connectivity index (χ0) is 9.64. The van der Waals surface area contributed by atoms with Gasteiger partial charge in [0.25, 0.3) is 0 Å². The Morgan fingerprint density at radius 3 is 2.62 bits per heavy atom. The fraction of sp³-hybridized carbons (Fsp3) is 0.600. The minimum Gasteiger partial charge on any atom is -0.132 e. The van der Waals surface area contributed by atoms with Crippen LogP contribution in [-0.4, -0.2) is 5.88 Å². The van der Waals surface area contributed by atoms with Crippen LogP contribution < -0.4 is 0 Å². The minimum absolute atomic E-state index is 0.340. The largest absolute Gasteiger partial charge is 0.132 e. The molecule has 0 radical (unpaired) electrons. The quantitative estimate of drug-likeness (QED) is 0.667. The fourth-order valence-electron chi connectivity index (χ4n) is 2.18. The van der Waals surface area contributed by atoms with Gasteiger partial charge in [0.15, 0.2) is 0 Å². The lowest BCUT2D eigenvalue weighted by Crippen LogP contribution is -1.90. The molecule has 2 rings (SSSR count). The molecule has 1 aliphatic carbocycles. The molecule has 1 aromatic rings. The molecule has 1 aromatic heterocycles. The fourth-order valence-corrected chi connectivity index (χ4v) is 3.75. The summed E-state index contributed by atoms with van der Waals surface area (Å²) in [7, 11) is 0. The van der Waals surface area contributed by atoms with E-state index >= 15 is 0 Å². The first-order valence-electron chi connectivity index (χ1n) is 4.38. The molecule has 1 fully saturated rings. The molecule has 0 bridgehead atoms. The van der Waals surface area contributed by atoms with Crippen molar-refractivity contribution in [3.63, 3.8) is 0 Å². The summed E-state index contributed by atoms with van der Waals surface area (Å²) < 4.78 is 0.936. The topological polar surface area (TPSA) is 0 Å². The Kier molecular flexibility index (Phi) is 2.38. The highest BCUT2D eigenvalue weighted by molar-refractivity contribution is 7.14. The van der Waals surface area contributed by atoms with Gasteiger partial charge in [-0.05, 0) is 34.3 Å². The Hall–Kier alpha value is 0.280. The van der Waals surface area contributed by atoms with Gasteiger partial charge < -0.3 is 0 Å². The number of alkyl halides is 1. The Morgan fingerprint density at radius 2 is 2.23 bits per heavy atom. The van der Waals surface area contributed by atoms with Crippen molar-refractivity contribution >= 4 is 34.5 Å². The van der Waals surface area contributed by atoms with Crippen LogP contribution in [0, 0.1) is 11.3 Å². The minimum atomic E-state index is 0.340. The van der Waals surface area contributed by atoms with Gasteiger partial charge in [-0.3, -0.25) is 0 Å². The van der Waals surface area contributed by atoms with Gasteiger partial charge in [0.1, 0.15) is 0 Å². The predicted molar refractivity (Wildman–Crippen MR) is 60.1 cm³/mol. The van der Waals surface area contributed by atoms with Gasteiger partial charge in [-0.1, -0.05) is 25.4 Å². The number of thiophene rings is 1. The second-order valence-corrected chi connectivity index (χ2v) is 6.04. The van der Waals surface area contributed by atoms with E-state index in [9.17, 15) is 0 Å². The van der Waals surface area contributed by atoms with Crippen LogP contribution in [0.4, 0.5) is 0 Å². The monoisotopic (exact) mass is 234 g/mol. The van der Waals surface area contributed by atoms with Crippen LogP contribution in [-0.2, 0) is 0 Å². The summed E-state index contributed by atoms with van der Waals surface area (Å²) in [6.07, 6.45) is 0. The molecule has 1 heterocycles. The lowest BCUT2D eigenvalue weighted by atomic mass is 10.1. The Bertz CT molecular complexity index is 316. The van der Waals surface area contributed by atoms with Crippen molar-refractivity contribution in [1.29, 1.82) is 0 Å². The first kappa shape index (κ1) is 9.82. The van der Waals surface area contributed by atoms with Gasteiger partial charge in [0.2, 0.25) is 0 Å². The molecule has 0 amide bonds. The van der Waals surface area contributed by atoms with Crippen molar-refractivity contribution in [1.82, 2.24) is 0 Å². The van der Waals surface area contributed by atoms with Crippen LogP contribution in [0.1, 0.15) is 25.3 Å². The summed E-state index contributed by atoms with van der Waals surface area (Å²) in [6, 6.07) is 2.13. The molecular weight excluding hydrogens is 223 g/mol. The van der Waals surface area contributed by atoms with Gasteiger partial charge in [-0.2, -0.15) is 0 Å². The maximum Gasteiger partial charge on any atom is 0.0963 e. The third kappa shape index (κ3) is 1.42. The summed E-state index contributed by atoms with van der Waals surface area (Å²) in [5.41, 5.74) is 1.63. The third-order valence-electron chi connectivity index (χ3n) is 3.20. The van der Waals surface area contributed by atoms with Crippen LogP contribution in [0.25, 0.3) is 0 Å². The van der Waals surface area contributed by atoms with Gasteiger partial charge in [0, 0.05) is 5.88 Å². The van der Waals surface area contributed by atoms with E-state index < -0.39 is 0 Å². The maximum absolute atomic E-state index is 6.10. The van der Waals surface area contributed by atoms with Gasteiger partial charge in [0.05, 0.1) is 4.34 Å². The summed E-state index contributed by atoms with van der Waals surface area (Å²) in [4.78, 5) is 0. The SMILES string of the molecule is CC1(C)C(CCl)C1c1ccsc1Cl. The van der Waals surface area contributed by atoms with Crippen LogP contribution in [0.5, 0.6) is 0 Å². The highest BCUT2D eigenvalue weighted by Crippen LogP contribution is 2.66. The zero-order valence-corrected chi connectivity index (χ0v) is 10.0. The van der Waals surface area contributed by atoms with E-state index in [-0.39, 0.29) is 0 Å². The van der Waals surface area contributed by atoms with E-state index in [0.29, 0.717) is 17.3 Å². The zero-order valence-electron chi connectivity index (χ0n) is 7.68. The van der Waals surface area contributed by atoms with E-state index in [0.717, 1.165) is 10.2 Å². The van der Waals surface area contributed by atoms with Crippen molar-refractivity contribution in [2.45, 2.75) is 19.8 Å². The molecule has 0 aromatic carbocycles. The number of hydrogen-bond donors (Lipinski definition) is 0. The average Bonchev–Trinajstić information content (AvgIpc) is 2.41. The van der Waals surface area contributed by atoms with E-state index in [1.807, 2.05) is 0 Å². The number of hydrogen-bond acceptors (Lipinski definition) is 1. The maximum atomic E-state index is 6.10. The third-order valence-corrected chi connectivity index (χ3v) is 4.73. The first-order chi connectivity index (χ1) is 6.09. The van der Waals surface area contributed by atoms with E-state index in [2.05, 4.69) is 25.3 Å². The summed E-state index contributed by atoms with van der Waals surface area (Å²) in [5.74, 6) is 1.91. The second-order valence-electron chi connectivity index (χ2n) is 4.21. The van der Waals surface area contributed by atoms with Gasteiger partial charge in [-0.25, -0.2) is 0 Å². The molecule has 0 nitrogen and oxygen atoms in total. The number of rotatable bonds is 2. The lowest BCUT2D eigenvalue weighted by Gasteiger charge is -2.00. The summed E-state index contributed by atoms with van der Waals surface area (Å²) in [5, 5.41) is 2.05. The van der Waals surface area contributed by atoms with Gasteiger partial charge in [-0.15, -0.1) is 22.9 Å². The summed E-state index contributed by atoms with van der Waals surface area (Å²) >= 11 is 13.6. The van der Waals surface area contributed by atoms with Crippen molar-refractivity contribution in [2.24, 2.45) is 11.3 Å². The number of halogens is 2. The van der Waals surface area contributed by atoms with Crippen molar-refractivity contribution in [2.75, 3.05) is 5.88 Å². The Morgan fingerprint density at radius 1 is 1.54 bits per heavy atom. The molecule has 0 saturated heterocycles. The van der Waals surface area contributed by atoms with E-state index in [1.54, 1.807) is 11.3 Å². The molecule has 1 saturated carbocycles.